The van der Waals surface area contributed by atoms with Crippen LogP contribution in [0, 0.1) is 0 Å². The van der Waals surface area contributed by atoms with Crippen LogP contribution < -0.4 is 19.5 Å². The Balaban J connectivity index is 1.49. The molecule has 32 heavy (non-hydrogen) atoms. The normalized spacial score (nSPS) is 11.1. The molecule has 3 rings (SSSR count). The quantitative estimate of drug-likeness (QED) is 0.465. The summed E-state index contributed by atoms with van der Waals surface area (Å²) in [6.45, 7) is 0.0468. The standard InChI is InChI=1S/C23H23ClN2O5S/c1-30-22-12-7-18(15-21(22)24)26-23(27)16-31-19-8-10-20(11-9-19)32(28,29)25-14-13-17-5-3-2-4-6-17/h2-12,15,25H,13-14,16H2,1H3,(H,26,27). The minimum atomic E-state index is -3.64. The molecule has 0 fully saturated rings. The zero-order valence-electron chi connectivity index (χ0n) is 17.4. The molecule has 3 aromatic carbocycles. The number of ether oxygens (including phenoxy) is 2. The van der Waals surface area contributed by atoms with E-state index in [9.17, 15) is 13.2 Å². The number of carbonyl (C=O) groups is 1. The van der Waals surface area contributed by atoms with E-state index < -0.39 is 10.0 Å². The van der Waals surface area contributed by atoms with Crippen molar-refractivity contribution in [2.75, 3.05) is 25.6 Å². The fraction of sp³-hybridized carbons (Fsp3) is 0.174. The van der Waals surface area contributed by atoms with Gasteiger partial charge >= 0.3 is 0 Å². The molecule has 0 saturated carbocycles. The second-order valence-electron chi connectivity index (χ2n) is 6.79. The van der Waals surface area contributed by atoms with Crippen LogP contribution in [0.3, 0.4) is 0 Å². The van der Waals surface area contributed by atoms with E-state index >= 15 is 0 Å². The summed E-state index contributed by atoms with van der Waals surface area (Å²) in [5.74, 6) is 0.493. The van der Waals surface area contributed by atoms with Crippen LogP contribution in [0.1, 0.15) is 5.56 Å². The zero-order valence-corrected chi connectivity index (χ0v) is 18.9. The Hall–Kier alpha value is -3.07. The van der Waals surface area contributed by atoms with Gasteiger partial charge in [0.15, 0.2) is 6.61 Å². The highest BCUT2D eigenvalue weighted by atomic mass is 35.5. The molecule has 0 spiro atoms. The molecule has 0 radical (unpaired) electrons. The number of rotatable bonds is 10. The molecule has 0 atom stereocenters. The molecule has 3 aromatic rings. The average Bonchev–Trinajstić information content (AvgIpc) is 2.79. The molecule has 0 aliphatic carbocycles. The van der Waals surface area contributed by atoms with E-state index in [1.54, 1.807) is 18.2 Å². The van der Waals surface area contributed by atoms with E-state index in [-0.39, 0.29) is 17.4 Å². The van der Waals surface area contributed by atoms with Crippen molar-refractivity contribution < 1.29 is 22.7 Å². The predicted octanol–water partition coefficient (Wildman–Crippen LogP) is 3.89. The van der Waals surface area contributed by atoms with Crippen molar-refractivity contribution in [1.82, 2.24) is 4.72 Å². The summed E-state index contributed by atoms with van der Waals surface area (Å²) >= 11 is 6.04. The van der Waals surface area contributed by atoms with Gasteiger partial charge in [-0.15, -0.1) is 0 Å². The first kappa shape index (κ1) is 23.6. The summed E-state index contributed by atoms with van der Waals surface area (Å²) in [7, 11) is -2.13. The van der Waals surface area contributed by atoms with Crippen molar-refractivity contribution in [2.24, 2.45) is 0 Å². The number of amides is 1. The predicted molar refractivity (Wildman–Crippen MR) is 124 cm³/mol. The molecule has 1 amide bonds. The highest BCUT2D eigenvalue weighted by Crippen LogP contribution is 2.27. The van der Waals surface area contributed by atoms with Crippen LogP contribution in [0.4, 0.5) is 5.69 Å². The Labute approximate surface area is 192 Å². The molecule has 2 N–H and O–H groups in total. The van der Waals surface area contributed by atoms with Gasteiger partial charge in [-0.1, -0.05) is 41.9 Å². The van der Waals surface area contributed by atoms with Crippen LogP contribution in [0.25, 0.3) is 0 Å². The van der Waals surface area contributed by atoms with Crippen molar-refractivity contribution in [3.63, 3.8) is 0 Å². The number of benzene rings is 3. The van der Waals surface area contributed by atoms with Crippen LogP contribution in [0.5, 0.6) is 11.5 Å². The lowest BCUT2D eigenvalue weighted by Crippen LogP contribution is -2.26. The number of anilines is 1. The number of nitrogens with one attached hydrogen (secondary N) is 2. The van der Waals surface area contributed by atoms with Gasteiger partial charge in [0, 0.05) is 12.2 Å². The van der Waals surface area contributed by atoms with E-state index in [4.69, 9.17) is 21.1 Å². The van der Waals surface area contributed by atoms with Gasteiger partial charge in [-0.2, -0.15) is 0 Å². The molecule has 0 aromatic heterocycles. The summed E-state index contributed by atoms with van der Waals surface area (Å²) in [4.78, 5) is 12.2. The third-order valence-electron chi connectivity index (χ3n) is 4.49. The van der Waals surface area contributed by atoms with E-state index in [1.165, 1.54) is 31.4 Å². The molecule has 0 unspecified atom stereocenters. The third kappa shape index (κ3) is 6.71. The first-order valence-electron chi connectivity index (χ1n) is 9.77. The second kappa shape index (κ2) is 11.0. The molecule has 9 heteroatoms. The maximum Gasteiger partial charge on any atom is 0.262 e. The van der Waals surface area contributed by atoms with Crippen molar-refractivity contribution in [3.8, 4) is 11.5 Å². The molecule has 0 aliphatic rings. The number of carbonyl (C=O) groups excluding carboxylic acids is 1. The average molecular weight is 475 g/mol. The lowest BCUT2D eigenvalue weighted by molar-refractivity contribution is -0.118. The van der Waals surface area contributed by atoms with E-state index in [1.807, 2.05) is 30.3 Å². The Morgan fingerprint density at radius 2 is 1.72 bits per heavy atom. The molecule has 7 nitrogen and oxygen atoms in total. The number of methoxy groups -OCH3 is 1. The number of hydrogen-bond donors (Lipinski definition) is 2. The fourth-order valence-corrected chi connectivity index (χ4v) is 4.15. The van der Waals surface area contributed by atoms with Gasteiger partial charge < -0.3 is 14.8 Å². The molecule has 0 aliphatic heterocycles. The number of halogens is 1. The van der Waals surface area contributed by atoms with Gasteiger partial charge in [0.1, 0.15) is 11.5 Å². The maximum atomic E-state index is 12.4. The van der Waals surface area contributed by atoms with Crippen molar-refractivity contribution in [2.45, 2.75) is 11.3 Å². The van der Waals surface area contributed by atoms with Gasteiger partial charge in [0.2, 0.25) is 10.0 Å². The van der Waals surface area contributed by atoms with E-state index in [0.717, 1.165) is 5.56 Å². The Kier molecular flexibility index (Phi) is 8.10. The third-order valence-corrected chi connectivity index (χ3v) is 6.26. The Bertz CT molecular complexity index is 1150. The second-order valence-corrected chi connectivity index (χ2v) is 8.97. The van der Waals surface area contributed by atoms with Crippen molar-refractivity contribution in [1.29, 1.82) is 0 Å². The monoisotopic (exact) mass is 474 g/mol. The van der Waals surface area contributed by atoms with Gasteiger partial charge in [-0.25, -0.2) is 13.1 Å². The lowest BCUT2D eigenvalue weighted by atomic mass is 10.2. The van der Waals surface area contributed by atoms with E-state index in [0.29, 0.717) is 35.2 Å². The first-order valence-corrected chi connectivity index (χ1v) is 11.6. The zero-order chi connectivity index (χ0) is 23.0. The van der Waals surface area contributed by atoms with Gasteiger partial charge in [0.25, 0.3) is 5.91 Å². The number of sulfonamides is 1. The maximum absolute atomic E-state index is 12.4. The first-order chi connectivity index (χ1) is 15.4. The molecular formula is C23H23ClN2O5S. The van der Waals surface area contributed by atoms with Crippen molar-refractivity contribution in [3.05, 3.63) is 83.4 Å². The Morgan fingerprint density at radius 1 is 1.00 bits per heavy atom. The van der Waals surface area contributed by atoms with Gasteiger partial charge in [0.05, 0.1) is 17.0 Å². The summed E-state index contributed by atoms with van der Waals surface area (Å²) < 4.78 is 38.0. The molecule has 0 bridgehead atoms. The molecule has 0 heterocycles. The van der Waals surface area contributed by atoms with Crippen LogP contribution in [0.2, 0.25) is 5.02 Å². The minimum Gasteiger partial charge on any atom is -0.495 e. The Morgan fingerprint density at radius 3 is 2.38 bits per heavy atom. The van der Waals surface area contributed by atoms with E-state index in [2.05, 4.69) is 10.0 Å². The smallest absolute Gasteiger partial charge is 0.262 e. The van der Waals surface area contributed by atoms with Crippen LogP contribution in [-0.4, -0.2) is 34.6 Å². The largest absolute Gasteiger partial charge is 0.495 e. The topological polar surface area (TPSA) is 93.7 Å². The summed E-state index contributed by atoms with van der Waals surface area (Å²) in [5, 5.41) is 3.04. The molecule has 168 valence electrons. The highest BCUT2D eigenvalue weighted by Gasteiger charge is 2.14. The minimum absolute atomic E-state index is 0.121. The summed E-state index contributed by atoms with van der Waals surface area (Å²) in [6, 6.07) is 20.4. The highest BCUT2D eigenvalue weighted by molar-refractivity contribution is 7.89. The number of hydrogen-bond acceptors (Lipinski definition) is 5. The summed E-state index contributed by atoms with van der Waals surface area (Å²) in [6.07, 6.45) is 0.593. The molecular weight excluding hydrogens is 452 g/mol. The van der Waals surface area contributed by atoms with Gasteiger partial charge in [-0.3, -0.25) is 4.79 Å². The van der Waals surface area contributed by atoms with Crippen LogP contribution in [-0.2, 0) is 21.2 Å². The SMILES string of the molecule is COc1ccc(NC(=O)COc2ccc(S(=O)(=O)NCCc3ccccc3)cc2)cc1Cl. The lowest BCUT2D eigenvalue weighted by Gasteiger charge is -2.10. The fourth-order valence-electron chi connectivity index (χ4n) is 2.86. The van der Waals surface area contributed by atoms with Crippen LogP contribution >= 0.6 is 11.6 Å². The molecule has 0 saturated heterocycles. The van der Waals surface area contributed by atoms with Gasteiger partial charge in [-0.05, 0) is 54.4 Å². The summed E-state index contributed by atoms with van der Waals surface area (Å²) in [5.41, 5.74) is 1.56. The van der Waals surface area contributed by atoms with Crippen molar-refractivity contribution >= 4 is 33.2 Å². The van der Waals surface area contributed by atoms with Crippen LogP contribution in [0.15, 0.2) is 77.7 Å².